The Hall–Kier alpha value is -2.52. The Kier molecular flexibility index (Phi) is 3.64. The van der Waals surface area contributed by atoms with E-state index in [0.29, 0.717) is 6.54 Å². The highest BCUT2D eigenvalue weighted by atomic mass is 15.8. The molecule has 5 N–H and O–H groups in total. The number of anilines is 1. The van der Waals surface area contributed by atoms with Gasteiger partial charge in [-0.3, -0.25) is 0 Å². The lowest BCUT2D eigenvalue weighted by Crippen LogP contribution is -2.40. The summed E-state index contributed by atoms with van der Waals surface area (Å²) in [5, 5.41) is 7.92. The molecule has 0 spiro atoms. The van der Waals surface area contributed by atoms with Crippen LogP contribution in [-0.4, -0.2) is 27.3 Å². The quantitative estimate of drug-likeness (QED) is 0.481. The first-order chi connectivity index (χ1) is 11.3. The van der Waals surface area contributed by atoms with E-state index in [0.717, 1.165) is 28.4 Å². The summed E-state index contributed by atoms with van der Waals surface area (Å²) in [6, 6.07) is 14.1. The molecule has 8 nitrogen and oxygen atoms in total. The van der Waals surface area contributed by atoms with Crippen LogP contribution in [0, 0.1) is 6.92 Å². The number of nitrogens with zero attached hydrogens (tertiary/aromatic N) is 3. The molecule has 23 heavy (non-hydrogen) atoms. The van der Waals surface area contributed by atoms with Crippen molar-refractivity contribution in [2.75, 3.05) is 11.9 Å². The minimum Gasteiger partial charge on any atom is -0.367 e. The molecule has 1 saturated heterocycles. The minimum absolute atomic E-state index is 0.0649. The molecule has 118 valence electrons. The van der Waals surface area contributed by atoms with Crippen molar-refractivity contribution in [1.82, 2.24) is 36.5 Å². The maximum absolute atomic E-state index is 4.71. The molecule has 4 rings (SSSR count). The van der Waals surface area contributed by atoms with E-state index in [1.165, 1.54) is 0 Å². The van der Waals surface area contributed by atoms with Gasteiger partial charge in [0.1, 0.15) is 12.0 Å². The van der Waals surface area contributed by atoms with Gasteiger partial charge in [-0.05, 0) is 6.92 Å². The van der Waals surface area contributed by atoms with Crippen molar-refractivity contribution >= 4 is 11.5 Å². The zero-order valence-corrected chi connectivity index (χ0v) is 12.7. The zero-order chi connectivity index (χ0) is 15.6. The predicted molar refractivity (Wildman–Crippen MR) is 88.0 cm³/mol. The van der Waals surface area contributed by atoms with Crippen molar-refractivity contribution in [1.29, 1.82) is 0 Å². The van der Waals surface area contributed by atoms with Crippen LogP contribution >= 0.6 is 0 Å². The van der Waals surface area contributed by atoms with E-state index < -0.39 is 0 Å². The molecular formula is C15H18N8. The second-order valence-electron chi connectivity index (χ2n) is 5.42. The van der Waals surface area contributed by atoms with Gasteiger partial charge in [-0.2, -0.15) is 20.7 Å². The fraction of sp³-hybridized carbons (Fsp3) is 0.200. The number of hydrogen-bond acceptors (Lipinski definition) is 7. The molecule has 8 heteroatoms. The number of benzene rings is 1. The maximum Gasteiger partial charge on any atom is 0.158 e. The number of aryl methyl sites for hydroxylation is 1. The van der Waals surface area contributed by atoms with Gasteiger partial charge >= 0.3 is 0 Å². The molecule has 0 amide bonds. The molecule has 0 bridgehead atoms. The minimum atomic E-state index is 0.0649. The molecule has 1 aromatic carbocycles. The molecule has 0 unspecified atom stereocenters. The first kappa shape index (κ1) is 14.1. The predicted octanol–water partition coefficient (Wildman–Crippen LogP) is 0.560. The summed E-state index contributed by atoms with van der Waals surface area (Å²) in [5.41, 5.74) is 15.5. The van der Waals surface area contributed by atoms with Crippen molar-refractivity contribution in [2.45, 2.75) is 13.1 Å². The second kappa shape index (κ2) is 5.94. The van der Waals surface area contributed by atoms with Crippen LogP contribution < -0.4 is 27.2 Å². The van der Waals surface area contributed by atoms with Crippen molar-refractivity contribution in [3.05, 3.63) is 48.2 Å². The van der Waals surface area contributed by atoms with Crippen molar-refractivity contribution in [3.8, 4) is 11.3 Å². The van der Waals surface area contributed by atoms with E-state index in [2.05, 4.69) is 44.5 Å². The van der Waals surface area contributed by atoms with Crippen LogP contribution in [0.2, 0.25) is 0 Å². The van der Waals surface area contributed by atoms with Gasteiger partial charge in [-0.15, -0.1) is 0 Å². The third kappa shape index (κ3) is 2.88. The standard InChI is InChI=1S/C15H18N8/c1-10-7-15-17-12(11-5-3-2-4-6-11)8-14(23(15)20-10)16-9-13-18-21-22-19-13/h2-8,13,16,18-19,21-22H,9H2,1H3. The highest BCUT2D eigenvalue weighted by molar-refractivity contribution is 5.66. The molecular weight excluding hydrogens is 292 g/mol. The summed E-state index contributed by atoms with van der Waals surface area (Å²) in [5.74, 6) is 0.900. The number of nitrogens with one attached hydrogen (secondary N) is 5. The molecule has 1 fully saturated rings. The monoisotopic (exact) mass is 310 g/mol. The fourth-order valence-corrected chi connectivity index (χ4v) is 2.56. The van der Waals surface area contributed by atoms with Crippen molar-refractivity contribution in [3.63, 3.8) is 0 Å². The van der Waals surface area contributed by atoms with Gasteiger partial charge in [0.25, 0.3) is 0 Å². The summed E-state index contributed by atoms with van der Waals surface area (Å²) in [6.07, 6.45) is 0.0649. The molecule has 3 heterocycles. The molecule has 0 atom stereocenters. The highest BCUT2D eigenvalue weighted by Crippen LogP contribution is 2.22. The average molecular weight is 310 g/mol. The van der Waals surface area contributed by atoms with E-state index in [9.17, 15) is 0 Å². The van der Waals surface area contributed by atoms with Crippen molar-refractivity contribution in [2.24, 2.45) is 0 Å². The Morgan fingerprint density at radius 3 is 2.70 bits per heavy atom. The molecule has 0 aliphatic carbocycles. The third-order valence-corrected chi connectivity index (χ3v) is 3.66. The van der Waals surface area contributed by atoms with Crippen LogP contribution in [0.3, 0.4) is 0 Å². The zero-order valence-electron chi connectivity index (χ0n) is 12.7. The van der Waals surface area contributed by atoms with Gasteiger partial charge in [-0.1, -0.05) is 30.3 Å². The van der Waals surface area contributed by atoms with Gasteiger partial charge < -0.3 is 5.32 Å². The third-order valence-electron chi connectivity index (χ3n) is 3.66. The van der Waals surface area contributed by atoms with Gasteiger partial charge in [0.2, 0.25) is 0 Å². The lowest BCUT2D eigenvalue weighted by Gasteiger charge is -2.13. The van der Waals surface area contributed by atoms with Gasteiger partial charge in [-0.25, -0.2) is 15.8 Å². The summed E-state index contributed by atoms with van der Waals surface area (Å²) in [6.45, 7) is 2.64. The summed E-state index contributed by atoms with van der Waals surface area (Å²) in [7, 11) is 0. The number of aromatic nitrogens is 3. The molecule has 1 aliphatic rings. The summed E-state index contributed by atoms with van der Waals surface area (Å²) < 4.78 is 1.83. The Labute approximate surface area is 133 Å². The van der Waals surface area contributed by atoms with Gasteiger partial charge in [0.05, 0.1) is 11.4 Å². The smallest absolute Gasteiger partial charge is 0.158 e. The van der Waals surface area contributed by atoms with Gasteiger partial charge in [0.15, 0.2) is 5.65 Å². The van der Waals surface area contributed by atoms with E-state index in [-0.39, 0.29) is 6.17 Å². The Morgan fingerprint density at radius 1 is 1.13 bits per heavy atom. The number of rotatable bonds is 4. The number of fused-ring (bicyclic) bond motifs is 1. The molecule has 0 radical (unpaired) electrons. The Bertz CT molecular complexity index is 807. The van der Waals surface area contributed by atoms with E-state index >= 15 is 0 Å². The molecule has 2 aromatic heterocycles. The van der Waals surface area contributed by atoms with Gasteiger partial charge in [0, 0.05) is 24.2 Å². The van der Waals surface area contributed by atoms with E-state index in [1.807, 2.05) is 41.8 Å². The summed E-state index contributed by atoms with van der Waals surface area (Å²) in [4.78, 5) is 4.71. The lowest BCUT2D eigenvalue weighted by molar-refractivity contribution is 0.547. The van der Waals surface area contributed by atoms with E-state index in [4.69, 9.17) is 4.98 Å². The largest absolute Gasteiger partial charge is 0.367 e. The van der Waals surface area contributed by atoms with Crippen LogP contribution in [0.15, 0.2) is 42.5 Å². The van der Waals surface area contributed by atoms with Crippen LogP contribution in [0.1, 0.15) is 5.69 Å². The average Bonchev–Trinajstić information content (AvgIpc) is 3.21. The fourth-order valence-electron chi connectivity index (χ4n) is 2.56. The van der Waals surface area contributed by atoms with Crippen LogP contribution in [-0.2, 0) is 0 Å². The van der Waals surface area contributed by atoms with Crippen LogP contribution in [0.4, 0.5) is 5.82 Å². The SMILES string of the molecule is Cc1cc2nc(-c3ccccc3)cc(NCC3NNNN3)n2n1. The molecule has 0 saturated carbocycles. The second-order valence-corrected chi connectivity index (χ2v) is 5.42. The first-order valence-corrected chi connectivity index (χ1v) is 7.47. The van der Waals surface area contributed by atoms with Crippen molar-refractivity contribution < 1.29 is 0 Å². The highest BCUT2D eigenvalue weighted by Gasteiger charge is 2.14. The Morgan fingerprint density at radius 2 is 1.91 bits per heavy atom. The summed E-state index contributed by atoms with van der Waals surface area (Å²) >= 11 is 0. The Balaban J connectivity index is 1.71. The topological polar surface area (TPSA) is 90.3 Å². The normalized spacial score (nSPS) is 15.3. The number of hydrogen-bond donors (Lipinski definition) is 5. The number of hydrazine groups is 3. The maximum atomic E-state index is 4.71. The first-order valence-electron chi connectivity index (χ1n) is 7.47. The molecule has 1 aliphatic heterocycles. The van der Waals surface area contributed by atoms with Crippen LogP contribution in [0.5, 0.6) is 0 Å². The lowest BCUT2D eigenvalue weighted by atomic mass is 10.1. The van der Waals surface area contributed by atoms with E-state index in [1.54, 1.807) is 0 Å². The molecule has 3 aromatic rings. The van der Waals surface area contributed by atoms with Crippen LogP contribution in [0.25, 0.3) is 16.9 Å².